The van der Waals surface area contributed by atoms with Crippen molar-refractivity contribution in [1.82, 2.24) is 14.1 Å². The van der Waals surface area contributed by atoms with Crippen molar-refractivity contribution in [2.45, 2.75) is 26.8 Å². The summed E-state index contributed by atoms with van der Waals surface area (Å²) in [4.78, 5) is 44.4. The van der Waals surface area contributed by atoms with Crippen LogP contribution in [0.2, 0.25) is 0 Å². The molecule has 2 aromatic heterocycles. The molecule has 254 valence electrons. The van der Waals surface area contributed by atoms with Crippen LogP contribution in [-0.4, -0.2) is 53.6 Å². The number of halogens is 2. The molecule has 14 heteroatoms. The largest absolute Gasteiger partial charge is 0.487 e. The lowest BCUT2D eigenvalue weighted by molar-refractivity contribution is 0.102. The first kappa shape index (κ1) is 33.2. The Labute approximate surface area is 278 Å². The summed E-state index contributed by atoms with van der Waals surface area (Å²) in [5, 5.41) is 3.07. The number of rotatable bonds is 11. The van der Waals surface area contributed by atoms with E-state index in [9.17, 15) is 18.8 Å². The van der Waals surface area contributed by atoms with Crippen LogP contribution in [0.25, 0.3) is 16.6 Å². The van der Waals surface area contributed by atoms with E-state index in [1.165, 1.54) is 29.0 Å². The summed E-state index contributed by atoms with van der Waals surface area (Å²) in [7, 11) is 1.57. The Hall–Kier alpha value is -5.76. The number of carbonyl (C=O) groups is 1. The Morgan fingerprint density at radius 3 is 2.43 bits per heavy atom. The Bertz CT molecular complexity index is 2170. The highest BCUT2D eigenvalue weighted by Gasteiger charge is 2.26. The van der Waals surface area contributed by atoms with Crippen LogP contribution in [0.15, 0.2) is 70.5 Å². The van der Waals surface area contributed by atoms with Gasteiger partial charge in [-0.25, -0.2) is 18.1 Å². The highest BCUT2D eigenvalue weighted by atomic mass is 19.1. The molecule has 0 bridgehead atoms. The van der Waals surface area contributed by atoms with Crippen molar-refractivity contribution < 1.29 is 37.3 Å². The maximum absolute atomic E-state index is 15.7. The molecule has 3 aromatic carbocycles. The number of hydrogen-bond donors (Lipinski definition) is 1. The minimum Gasteiger partial charge on any atom is -0.487 e. The fourth-order valence-corrected chi connectivity index (χ4v) is 5.39. The van der Waals surface area contributed by atoms with E-state index < -0.39 is 28.8 Å². The zero-order chi connectivity index (χ0) is 34.7. The zero-order valence-electron chi connectivity index (χ0n) is 26.9. The average Bonchev–Trinajstić information content (AvgIpc) is 3.10. The Morgan fingerprint density at radius 1 is 0.959 bits per heavy atom. The fraction of sp³-hybridized carbons (Fsp3) is 0.257. The van der Waals surface area contributed by atoms with Gasteiger partial charge in [-0.15, -0.1) is 0 Å². The number of pyridine rings is 1. The number of benzene rings is 3. The normalized spacial score (nSPS) is 12.2. The second-order valence-electron chi connectivity index (χ2n) is 10.9. The number of aromatic nitrogens is 3. The van der Waals surface area contributed by atoms with Gasteiger partial charge in [0.1, 0.15) is 37.0 Å². The van der Waals surface area contributed by atoms with Crippen LogP contribution in [0.1, 0.15) is 29.8 Å². The van der Waals surface area contributed by atoms with Crippen LogP contribution in [0.5, 0.6) is 28.7 Å². The molecule has 0 aliphatic carbocycles. The van der Waals surface area contributed by atoms with Crippen molar-refractivity contribution >= 4 is 22.5 Å². The molecule has 1 N–H and O–H groups in total. The van der Waals surface area contributed by atoms with Gasteiger partial charge in [0.05, 0.1) is 23.2 Å². The topological polar surface area (TPSA) is 132 Å². The number of anilines is 1. The summed E-state index contributed by atoms with van der Waals surface area (Å²) in [6.07, 6.45) is 3.01. The number of aryl methyl sites for hydroxylation is 2. The average molecular weight is 675 g/mol. The molecule has 1 aliphatic rings. The molecule has 49 heavy (non-hydrogen) atoms. The van der Waals surface area contributed by atoms with E-state index in [1.54, 1.807) is 33.1 Å². The summed E-state index contributed by atoms with van der Waals surface area (Å²) in [6, 6.07) is 10.5. The van der Waals surface area contributed by atoms with Gasteiger partial charge in [0.25, 0.3) is 11.5 Å². The number of amides is 1. The molecule has 1 amide bonds. The number of ether oxygens (including phenoxy) is 5. The van der Waals surface area contributed by atoms with Gasteiger partial charge in [-0.1, -0.05) is 6.92 Å². The zero-order valence-corrected chi connectivity index (χ0v) is 26.9. The van der Waals surface area contributed by atoms with E-state index in [4.69, 9.17) is 23.7 Å². The fourth-order valence-electron chi connectivity index (χ4n) is 5.39. The van der Waals surface area contributed by atoms with Crippen molar-refractivity contribution in [3.05, 3.63) is 105 Å². The summed E-state index contributed by atoms with van der Waals surface area (Å²) < 4.78 is 60.1. The van der Waals surface area contributed by atoms with Crippen molar-refractivity contribution in [2.75, 3.05) is 38.9 Å². The van der Waals surface area contributed by atoms with Crippen molar-refractivity contribution in [3.8, 4) is 34.4 Å². The molecule has 0 saturated carbocycles. The van der Waals surface area contributed by atoms with E-state index in [-0.39, 0.29) is 48.2 Å². The van der Waals surface area contributed by atoms with E-state index >= 15 is 4.39 Å². The molecule has 0 unspecified atom stereocenters. The number of nitrogens with zero attached hydrogens (tertiary/aromatic N) is 3. The first-order valence-electron chi connectivity index (χ1n) is 15.5. The van der Waals surface area contributed by atoms with Crippen LogP contribution in [0, 0.1) is 11.6 Å². The Morgan fingerprint density at radius 2 is 1.71 bits per heavy atom. The monoisotopic (exact) mass is 674 g/mol. The number of fused-ring (bicyclic) bond motifs is 3. The minimum atomic E-state index is -0.913. The molecular formula is C35H32F2N4O8. The van der Waals surface area contributed by atoms with Gasteiger partial charge in [-0.05, 0) is 55.3 Å². The standard InChI is InChI=1S/C35H32F2N4O8/c1-4-20-16-28(49-27-10-11-38-26-18-29(46-13-12-45-3)31-32(30(26)27)48-15-14-47-31)24(37)17-25(20)39-33(42)23-19-40(5-2)35(44)41(34(23)43)22-8-6-21(36)7-9-22/h6-11,16-19H,4-5,12-15H2,1-3H3,(H,39,42). The van der Waals surface area contributed by atoms with Gasteiger partial charge >= 0.3 is 5.69 Å². The molecule has 0 saturated heterocycles. The predicted molar refractivity (Wildman–Crippen MR) is 176 cm³/mol. The molecule has 0 spiro atoms. The molecule has 1 aliphatic heterocycles. The number of nitrogens with one attached hydrogen (secondary N) is 1. The summed E-state index contributed by atoms with van der Waals surface area (Å²) in [5.74, 6) is -0.972. The lowest BCUT2D eigenvalue weighted by Crippen LogP contribution is -2.42. The van der Waals surface area contributed by atoms with Gasteiger partial charge < -0.3 is 29.0 Å². The second-order valence-corrected chi connectivity index (χ2v) is 10.9. The molecule has 0 fully saturated rings. The number of hydrogen-bond acceptors (Lipinski definition) is 9. The first-order chi connectivity index (χ1) is 23.7. The molecule has 0 radical (unpaired) electrons. The summed E-state index contributed by atoms with van der Waals surface area (Å²) >= 11 is 0. The third-order valence-corrected chi connectivity index (χ3v) is 7.82. The van der Waals surface area contributed by atoms with Gasteiger partial charge in [0, 0.05) is 43.9 Å². The maximum atomic E-state index is 15.7. The lowest BCUT2D eigenvalue weighted by atomic mass is 10.1. The Balaban J connectivity index is 1.34. The highest BCUT2D eigenvalue weighted by molar-refractivity contribution is 6.04. The Kier molecular flexibility index (Phi) is 9.58. The second kappa shape index (κ2) is 14.2. The van der Waals surface area contributed by atoms with Crippen molar-refractivity contribution in [3.63, 3.8) is 0 Å². The van der Waals surface area contributed by atoms with Gasteiger partial charge in [0.2, 0.25) is 5.75 Å². The van der Waals surface area contributed by atoms with E-state index in [0.29, 0.717) is 53.3 Å². The van der Waals surface area contributed by atoms with E-state index in [1.807, 2.05) is 0 Å². The van der Waals surface area contributed by atoms with Crippen LogP contribution in [-0.2, 0) is 17.7 Å². The molecule has 0 atom stereocenters. The summed E-state index contributed by atoms with van der Waals surface area (Å²) in [6.45, 7) is 4.83. The lowest BCUT2D eigenvalue weighted by Gasteiger charge is -2.23. The number of methoxy groups -OCH3 is 1. The van der Waals surface area contributed by atoms with Gasteiger partial charge in [-0.2, -0.15) is 0 Å². The summed E-state index contributed by atoms with van der Waals surface area (Å²) in [5.41, 5.74) is -0.820. The van der Waals surface area contributed by atoms with Crippen LogP contribution in [0.4, 0.5) is 14.5 Å². The van der Waals surface area contributed by atoms with Crippen LogP contribution in [0.3, 0.4) is 0 Å². The van der Waals surface area contributed by atoms with Crippen LogP contribution < -0.4 is 35.5 Å². The molecular weight excluding hydrogens is 642 g/mol. The van der Waals surface area contributed by atoms with E-state index in [2.05, 4.69) is 10.3 Å². The SMILES string of the molecule is CCc1cc(Oc2ccnc3cc(OCCOC)c4c(c23)OCCO4)c(F)cc1NC(=O)c1cn(CC)c(=O)n(-c2ccc(F)cc2)c1=O. The van der Waals surface area contributed by atoms with Gasteiger partial charge in [0.15, 0.2) is 23.1 Å². The van der Waals surface area contributed by atoms with Gasteiger partial charge in [-0.3, -0.25) is 19.1 Å². The smallest absolute Gasteiger partial charge is 0.335 e. The highest BCUT2D eigenvalue weighted by Crippen LogP contribution is 2.48. The first-order valence-corrected chi connectivity index (χ1v) is 15.5. The third-order valence-electron chi connectivity index (χ3n) is 7.82. The molecule has 3 heterocycles. The van der Waals surface area contributed by atoms with E-state index in [0.717, 1.165) is 29.0 Å². The predicted octanol–water partition coefficient (Wildman–Crippen LogP) is 5.25. The van der Waals surface area contributed by atoms with Crippen molar-refractivity contribution in [2.24, 2.45) is 0 Å². The van der Waals surface area contributed by atoms with Crippen molar-refractivity contribution in [1.29, 1.82) is 0 Å². The minimum absolute atomic E-state index is 0.0896. The molecule has 5 aromatic rings. The third kappa shape index (κ3) is 6.54. The van der Waals surface area contributed by atoms with Crippen LogP contribution >= 0.6 is 0 Å². The molecule has 6 rings (SSSR count). The maximum Gasteiger partial charge on any atom is 0.335 e. The number of carbonyl (C=O) groups excluding carboxylic acids is 1. The quantitative estimate of drug-likeness (QED) is 0.187. The molecule has 12 nitrogen and oxygen atoms in total.